The normalized spacial score (nSPS) is 12.1. The van der Waals surface area contributed by atoms with Gasteiger partial charge in [-0.15, -0.1) is 0 Å². The molecular formula is C22H18N4O2S. The van der Waals surface area contributed by atoms with Crippen LogP contribution in [0.5, 0.6) is 11.5 Å². The molecule has 4 aromatic rings. The molecule has 0 amide bonds. The van der Waals surface area contributed by atoms with Gasteiger partial charge in [-0.1, -0.05) is 42.5 Å². The Morgan fingerprint density at radius 3 is 2.79 bits per heavy atom. The van der Waals surface area contributed by atoms with Crippen molar-refractivity contribution in [1.82, 2.24) is 9.78 Å². The van der Waals surface area contributed by atoms with Gasteiger partial charge in [-0.3, -0.25) is 4.68 Å². The van der Waals surface area contributed by atoms with Crippen LogP contribution >= 0.6 is 12.2 Å². The summed E-state index contributed by atoms with van der Waals surface area (Å²) >= 11 is 5.40. The molecule has 2 N–H and O–H groups in total. The second kappa shape index (κ2) is 7.44. The number of ether oxygens (including phenoxy) is 2. The lowest BCUT2D eigenvalue weighted by Crippen LogP contribution is -2.19. The van der Waals surface area contributed by atoms with Gasteiger partial charge in [0.25, 0.3) is 0 Å². The summed E-state index contributed by atoms with van der Waals surface area (Å²) in [7, 11) is 0. The van der Waals surface area contributed by atoms with Crippen LogP contribution in [-0.2, 0) is 6.54 Å². The van der Waals surface area contributed by atoms with Crippen LogP contribution in [0.2, 0.25) is 0 Å². The minimum atomic E-state index is 0.246. The maximum absolute atomic E-state index is 5.40. The van der Waals surface area contributed by atoms with E-state index >= 15 is 0 Å². The molecule has 2 heterocycles. The molecule has 0 spiro atoms. The molecule has 5 rings (SSSR count). The van der Waals surface area contributed by atoms with Crippen molar-refractivity contribution in [1.29, 1.82) is 0 Å². The van der Waals surface area contributed by atoms with Crippen LogP contribution in [-0.4, -0.2) is 21.7 Å². The van der Waals surface area contributed by atoms with Crippen molar-refractivity contribution in [2.24, 2.45) is 0 Å². The number of anilines is 2. The standard InChI is InChI=1S/C22H18N4O2S/c29-22(23-17-8-9-19-20(12-17)28-14-27-19)24-21-10-11-26(25-21)13-16-6-3-5-15-4-1-2-7-18(15)16/h1-12H,13-14H2,(H2,23,24,25,29). The van der Waals surface area contributed by atoms with Crippen molar-refractivity contribution in [2.45, 2.75) is 6.54 Å². The lowest BCUT2D eigenvalue weighted by Gasteiger charge is -2.09. The Hall–Kier alpha value is -3.58. The Labute approximate surface area is 173 Å². The van der Waals surface area contributed by atoms with Gasteiger partial charge in [0.2, 0.25) is 6.79 Å². The third-order valence-electron chi connectivity index (χ3n) is 4.72. The molecule has 1 aromatic heterocycles. The molecule has 6 nitrogen and oxygen atoms in total. The Bertz CT molecular complexity index is 1200. The van der Waals surface area contributed by atoms with Crippen LogP contribution < -0.4 is 20.1 Å². The quantitative estimate of drug-likeness (QED) is 0.486. The molecular weight excluding hydrogens is 384 g/mol. The number of nitrogens with one attached hydrogen (secondary N) is 2. The minimum absolute atomic E-state index is 0.246. The second-order valence-corrected chi connectivity index (χ2v) is 7.09. The number of benzene rings is 3. The molecule has 0 saturated carbocycles. The monoisotopic (exact) mass is 402 g/mol. The Kier molecular flexibility index (Phi) is 4.50. The fraction of sp³-hybridized carbons (Fsp3) is 0.0909. The van der Waals surface area contributed by atoms with Crippen molar-refractivity contribution in [2.75, 3.05) is 17.4 Å². The van der Waals surface area contributed by atoms with Crippen LogP contribution in [0.15, 0.2) is 72.9 Å². The van der Waals surface area contributed by atoms with Gasteiger partial charge >= 0.3 is 0 Å². The number of thiocarbonyl (C=S) groups is 1. The van der Waals surface area contributed by atoms with E-state index in [2.05, 4.69) is 58.2 Å². The third kappa shape index (κ3) is 3.72. The van der Waals surface area contributed by atoms with Crippen LogP contribution in [0.4, 0.5) is 11.5 Å². The molecule has 0 bridgehead atoms. The summed E-state index contributed by atoms with van der Waals surface area (Å²) in [4.78, 5) is 0. The maximum Gasteiger partial charge on any atom is 0.231 e. The molecule has 7 heteroatoms. The van der Waals surface area contributed by atoms with Gasteiger partial charge < -0.3 is 20.1 Å². The van der Waals surface area contributed by atoms with E-state index in [1.807, 2.05) is 35.1 Å². The first-order chi connectivity index (χ1) is 14.2. The highest BCUT2D eigenvalue weighted by molar-refractivity contribution is 7.80. The van der Waals surface area contributed by atoms with E-state index in [1.54, 1.807) is 0 Å². The van der Waals surface area contributed by atoms with Crippen molar-refractivity contribution in [3.8, 4) is 11.5 Å². The van der Waals surface area contributed by atoms with Crippen molar-refractivity contribution < 1.29 is 9.47 Å². The van der Waals surface area contributed by atoms with Crippen molar-refractivity contribution >= 4 is 39.6 Å². The molecule has 0 saturated heterocycles. The first kappa shape index (κ1) is 17.5. The number of hydrogen-bond donors (Lipinski definition) is 2. The average molecular weight is 402 g/mol. The topological polar surface area (TPSA) is 60.3 Å². The molecule has 3 aromatic carbocycles. The summed E-state index contributed by atoms with van der Waals surface area (Å²) in [5.41, 5.74) is 2.04. The number of fused-ring (bicyclic) bond motifs is 2. The number of rotatable bonds is 4. The minimum Gasteiger partial charge on any atom is -0.454 e. The zero-order valence-corrected chi connectivity index (χ0v) is 16.3. The zero-order chi connectivity index (χ0) is 19.6. The molecule has 0 fully saturated rings. The number of nitrogens with zero attached hydrogens (tertiary/aromatic N) is 2. The number of aromatic nitrogens is 2. The fourth-order valence-electron chi connectivity index (χ4n) is 3.37. The lowest BCUT2D eigenvalue weighted by atomic mass is 10.0. The van der Waals surface area contributed by atoms with E-state index in [-0.39, 0.29) is 6.79 Å². The molecule has 0 unspecified atom stereocenters. The van der Waals surface area contributed by atoms with E-state index in [1.165, 1.54) is 16.3 Å². The third-order valence-corrected chi connectivity index (χ3v) is 4.93. The molecule has 1 aliphatic rings. The van der Waals surface area contributed by atoms with Gasteiger partial charge in [0, 0.05) is 24.0 Å². The number of hydrogen-bond acceptors (Lipinski definition) is 4. The summed E-state index contributed by atoms with van der Waals surface area (Å²) in [5.74, 6) is 2.13. The fourth-order valence-corrected chi connectivity index (χ4v) is 3.60. The van der Waals surface area contributed by atoms with Gasteiger partial charge in [-0.05, 0) is 40.7 Å². The molecule has 29 heavy (non-hydrogen) atoms. The van der Waals surface area contributed by atoms with E-state index < -0.39 is 0 Å². The Morgan fingerprint density at radius 1 is 0.966 bits per heavy atom. The Balaban J connectivity index is 1.26. The molecule has 144 valence electrons. The maximum atomic E-state index is 5.40. The molecule has 0 aliphatic carbocycles. The summed E-state index contributed by atoms with van der Waals surface area (Å²) in [6, 6.07) is 22.2. The van der Waals surface area contributed by atoms with Gasteiger partial charge in [0.15, 0.2) is 22.4 Å². The van der Waals surface area contributed by atoms with Crippen LogP contribution in [0.25, 0.3) is 10.8 Å². The van der Waals surface area contributed by atoms with Crippen LogP contribution in [0, 0.1) is 0 Å². The largest absolute Gasteiger partial charge is 0.454 e. The Morgan fingerprint density at radius 2 is 1.83 bits per heavy atom. The highest BCUT2D eigenvalue weighted by atomic mass is 32.1. The smallest absolute Gasteiger partial charge is 0.231 e. The van der Waals surface area contributed by atoms with Gasteiger partial charge in [-0.2, -0.15) is 5.10 Å². The summed E-state index contributed by atoms with van der Waals surface area (Å²) in [5, 5.41) is 13.8. The summed E-state index contributed by atoms with van der Waals surface area (Å²) in [6.45, 7) is 0.932. The van der Waals surface area contributed by atoms with Crippen LogP contribution in [0.3, 0.4) is 0 Å². The predicted molar refractivity (Wildman–Crippen MR) is 118 cm³/mol. The molecule has 0 atom stereocenters. The van der Waals surface area contributed by atoms with E-state index in [0.717, 1.165) is 11.4 Å². The molecule has 1 aliphatic heterocycles. The SMILES string of the molecule is S=C(Nc1ccc2c(c1)OCO2)Nc1ccn(Cc2cccc3ccccc23)n1. The average Bonchev–Trinajstić information content (AvgIpc) is 3.37. The summed E-state index contributed by atoms with van der Waals surface area (Å²) in [6.07, 6.45) is 1.94. The van der Waals surface area contributed by atoms with Crippen molar-refractivity contribution in [3.63, 3.8) is 0 Å². The first-order valence-electron chi connectivity index (χ1n) is 9.22. The van der Waals surface area contributed by atoms with Gasteiger partial charge in [0.1, 0.15) is 0 Å². The highest BCUT2D eigenvalue weighted by Crippen LogP contribution is 2.34. The van der Waals surface area contributed by atoms with Crippen molar-refractivity contribution in [3.05, 3.63) is 78.5 Å². The second-order valence-electron chi connectivity index (χ2n) is 6.68. The zero-order valence-electron chi connectivity index (χ0n) is 15.5. The predicted octanol–water partition coefficient (Wildman–Crippen LogP) is 4.62. The van der Waals surface area contributed by atoms with E-state index in [0.29, 0.717) is 23.2 Å². The van der Waals surface area contributed by atoms with E-state index in [9.17, 15) is 0 Å². The van der Waals surface area contributed by atoms with Gasteiger partial charge in [0.05, 0.1) is 6.54 Å². The van der Waals surface area contributed by atoms with E-state index in [4.69, 9.17) is 21.7 Å². The van der Waals surface area contributed by atoms with Crippen LogP contribution in [0.1, 0.15) is 5.56 Å². The first-order valence-corrected chi connectivity index (χ1v) is 9.63. The summed E-state index contributed by atoms with van der Waals surface area (Å²) < 4.78 is 12.6. The highest BCUT2D eigenvalue weighted by Gasteiger charge is 2.13. The molecule has 0 radical (unpaired) electrons. The van der Waals surface area contributed by atoms with Gasteiger partial charge in [-0.25, -0.2) is 0 Å². The lowest BCUT2D eigenvalue weighted by molar-refractivity contribution is 0.174.